The monoisotopic (exact) mass is 256 g/mol. The lowest BCUT2D eigenvalue weighted by Crippen LogP contribution is -2.38. The molecule has 0 saturated carbocycles. The second kappa shape index (κ2) is 5.26. The van der Waals surface area contributed by atoms with Crippen LogP contribution in [0.15, 0.2) is 47.2 Å². The molecule has 2 aromatic rings. The van der Waals surface area contributed by atoms with Crippen molar-refractivity contribution in [1.82, 2.24) is 10.1 Å². The molecule has 0 atom stereocenters. The minimum Gasteiger partial charge on any atom is -0.364 e. The van der Waals surface area contributed by atoms with Crippen LogP contribution in [-0.2, 0) is 0 Å². The van der Waals surface area contributed by atoms with Crippen LogP contribution in [-0.4, -0.2) is 29.1 Å². The van der Waals surface area contributed by atoms with E-state index in [0.717, 1.165) is 25.9 Å². The van der Waals surface area contributed by atoms with Gasteiger partial charge in [0.25, 0.3) is 5.91 Å². The number of amides is 1. The van der Waals surface area contributed by atoms with Crippen LogP contribution in [0.1, 0.15) is 34.8 Å². The van der Waals surface area contributed by atoms with Gasteiger partial charge in [-0.1, -0.05) is 35.5 Å². The van der Waals surface area contributed by atoms with E-state index < -0.39 is 0 Å². The molecule has 4 heteroatoms. The van der Waals surface area contributed by atoms with Crippen molar-refractivity contribution in [1.29, 1.82) is 0 Å². The van der Waals surface area contributed by atoms with Crippen molar-refractivity contribution in [3.05, 3.63) is 53.9 Å². The van der Waals surface area contributed by atoms with E-state index in [4.69, 9.17) is 4.52 Å². The van der Waals surface area contributed by atoms with Gasteiger partial charge in [-0.15, -0.1) is 0 Å². The Morgan fingerprint density at radius 1 is 1.16 bits per heavy atom. The zero-order valence-electron chi connectivity index (χ0n) is 10.7. The molecular formula is C15H16N2O2. The van der Waals surface area contributed by atoms with Gasteiger partial charge in [-0.2, -0.15) is 0 Å². The average Bonchev–Trinajstić information content (AvgIpc) is 3.02. The smallest absolute Gasteiger partial charge is 0.276 e. The first kappa shape index (κ1) is 12.0. The number of carbonyl (C=O) groups is 1. The lowest BCUT2D eigenvalue weighted by Gasteiger charge is -2.31. The molecule has 1 aromatic carbocycles. The Labute approximate surface area is 112 Å². The fourth-order valence-corrected chi connectivity index (χ4v) is 2.63. The summed E-state index contributed by atoms with van der Waals surface area (Å²) < 4.78 is 4.72. The van der Waals surface area contributed by atoms with Crippen molar-refractivity contribution in [3.63, 3.8) is 0 Å². The Kier molecular flexibility index (Phi) is 3.31. The standard InChI is InChI=1S/C15H16N2O2/c18-15(14-8-11-19-16-14)17-9-6-13(7-10-17)12-4-2-1-3-5-12/h1-5,8,11,13H,6-7,9-10H2. The number of hydrogen-bond acceptors (Lipinski definition) is 3. The Morgan fingerprint density at radius 3 is 2.53 bits per heavy atom. The molecule has 0 radical (unpaired) electrons. The SMILES string of the molecule is O=C(c1ccon1)N1CCC(c2ccccc2)CC1. The Bertz CT molecular complexity index is 529. The second-order valence-electron chi connectivity index (χ2n) is 4.86. The van der Waals surface area contributed by atoms with Gasteiger partial charge < -0.3 is 9.42 Å². The zero-order valence-corrected chi connectivity index (χ0v) is 10.7. The summed E-state index contributed by atoms with van der Waals surface area (Å²) >= 11 is 0. The highest BCUT2D eigenvalue weighted by Gasteiger charge is 2.25. The fourth-order valence-electron chi connectivity index (χ4n) is 2.63. The quantitative estimate of drug-likeness (QED) is 0.830. The normalized spacial score (nSPS) is 16.5. The van der Waals surface area contributed by atoms with Gasteiger partial charge in [-0.25, -0.2) is 0 Å². The topological polar surface area (TPSA) is 46.3 Å². The summed E-state index contributed by atoms with van der Waals surface area (Å²) in [5, 5.41) is 3.70. The number of hydrogen-bond donors (Lipinski definition) is 0. The summed E-state index contributed by atoms with van der Waals surface area (Å²) in [6, 6.07) is 12.1. The highest BCUT2D eigenvalue weighted by molar-refractivity contribution is 5.92. The van der Waals surface area contributed by atoms with Crippen molar-refractivity contribution in [2.75, 3.05) is 13.1 Å². The molecule has 1 aliphatic rings. The molecule has 0 spiro atoms. The van der Waals surface area contributed by atoms with E-state index in [0.29, 0.717) is 11.6 Å². The van der Waals surface area contributed by atoms with Gasteiger partial charge in [0.15, 0.2) is 5.69 Å². The molecule has 1 amide bonds. The summed E-state index contributed by atoms with van der Waals surface area (Å²) in [6.07, 6.45) is 3.45. The summed E-state index contributed by atoms with van der Waals surface area (Å²) in [5.74, 6) is 0.530. The molecule has 19 heavy (non-hydrogen) atoms. The maximum absolute atomic E-state index is 12.1. The van der Waals surface area contributed by atoms with Gasteiger partial charge in [0.05, 0.1) is 0 Å². The van der Waals surface area contributed by atoms with Crippen LogP contribution in [0.4, 0.5) is 0 Å². The predicted molar refractivity (Wildman–Crippen MR) is 70.8 cm³/mol. The minimum atomic E-state index is -0.0275. The second-order valence-corrected chi connectivity index (χ2v) is 4.86. The van der Waals surface area contributed by atoms with Crippen LogP contribution in [0.3, 0.4) is 0 Å². The van der Waals surface area contributed by atoms with Crippen LogP contribution in [0.2, 0.25) is 0 Å². The molecule has 0 N–H and O–H groups in total. The van der Waals surface area contributed by atoms with E-state index in [2.05, 4.69) is 29.4 Å². The Hall–Kier alpha value is -2.10. The summed E-state index contributed by atoms with van der Waals surface area (Å²) in [6.45, 7) is 1.57. The van der Waals surface area contributed by atoms with Crippen LogP contribution >= 0.6 is 0 Å². The number of piperidine rings is 1. The molecule has 1 aliphatic heterocycles. The molecule has 2 heterocycles. The van der Waals surface area contributed by atoms with Crippen LogP contribution in [0.5, 0.6) is 0 Å². The average molecular weight is 256 g/mol. The molecule has 0 bridgehead atoms. The molecule has 1 fully saturated rings. The van der Waals surface area contributed by atoms with Gasteiger partial charge in [-0.3, -0.25) is 4.79 Å². The number of nitrogens with zero attached hydrogens (tertiary/aromatic N) is 2. The van der Waals surface area contributed by atoms with Crippen LogP contribution in [0, 0.1) is 0 Å². The highest BCUT2D eigenvalue weighted by atomic mass is 16.5. The van der Waals surface area contributed by atoms with Gasteiger partial charge in [0.2, 0.25) is 0 Å². The van der Waals surface area contributed by atoms with Crippen molar-refractivity contribution in [2.24, 2.45) is 0 Å². The maximum atomic E-state index is 12.1. The first-order chi connectivity index (χ1) is 9.34. The maximum Gasteiger partial charge on any atom is 0.276 e. The van der Waals surface area contributed by atoms with E-state index in [1.54, 1.807) is 6.07 Å². The highest BCUT2D eigenvalue weighted by Crippen LogP contribution is 2.28. The van der Waals surface area contributed by atoms with E-state index in [1.807, 2.05) is 11.0 Å². The molecule has 0 aliphatic carbocycles. The van der Waals surface area contributed by atoms with Crippen molar-refractivity contribution in [2.45, 2.75) is 18.8 Å². The largest absolute Gasteiger partial charge is 0.364 e. The summed E-state index contributed by atoms with van der Waals surface area (Å²) in [7, 11) is 0. The lowest BCUT2D eigenvalue weighted by molar-refractivity contribution is 0.0702. The number of aromatic nitrogens is 1. The predicted octanol–water partition coefficient (Wildman–Crippen LogP) is 2.69. The van der Waals surface area contributed by atoms with Gasteiger partial charge >= 0.3 is 0 Å². The third-order valence-corrected chi connectivity index (χ3v) is 3.71. The molecule has 3 rings (SSSR count). The van der Waals surface area contributed by atoms with Crippen molar-refractivity contribution in [3.8, 4) is 0 Å². The first-order valence-corrected chi connectivity index (χ1v) is 6.59. The fraction of sp³-hybridized carbons (Fsp3) is 0.333. The minimum absolute atomic E-state index is 0.0275. The van der Waals surface area contributed by atoms with E-state index in [1.165, 1.54) is 11.8 Å². The summed E-state index contributed by atoms with van der Waals surface area (Å²) in [4.78, 5) is 14.0. The summed E-state index contributed by atoms with van der Waals surface area (Å²) in [5.41, 5.74) is 1.77. The van der Waals surface area contributed by atoms with E-state index in [9.17, 15) is 4.79 Å². The van der Waals surface area contributed by atoms with E-state index in [-0.39, 0.29) is 5.91 Å². The van der Waals surface area contributed by atoms with Gasteiger partial charge in [0, 0.05) is 19.2 Å². The van der Waals surface area contributed by atoms with Crippen molar-refractivity contribution < 1.29 is 9.32 Å². The molecule has 98 valence electrons. The van der Waals surface area contributed by atoms with Gasteiger partial charge in [0.1, 0.15) is 6.26 Å². The molecule has 0 unspecified atom stereocenters. The van der Waals surface area contributed by atoms with Crippen LogP contribution < -0.4 is 0 Å². The first-order valence-electron chi connectivity index (χ1n) is 6.59. The number of benzene rings is 1. The van der Waals surface area contributed by atoms with Gasteiger partial charge in [-0.05, 0) is 24.3 Å². The molecule has 1 saturated heterocycles. The Morgan fingerprint density at radius 2 is 1.89 bits per heavy atom. The molecule has 4 nitrogen and oxygen atoms in total. The lowest BCUT2D eigenvalue weighted by atomic mass is 9.89. The molecular weight excluding hydrogens is 240 g/mol. The number of likely N-dealkylation sites (tertiary alicyclic amines) is 1. The number of rotatable bonds is 2. The third-order valence-electron chi connectivity index (χ3n) is 3.71. The molecule has 1 aromatic heterocycles. The third kappa shape index (κ3) is 2.52. The zero-order chi connectivity index (χ0) is 13.1. The Balaban J connectivity index is 1.62. The van der Waals surface area contributed by atoms with E-state index >= 15 is 0 Å². The van der Waals surface area contributed by atoms with Crippen molar-refractivity contribution >= 4 is 5.91 Å². The number of carbonyl (C=O) groups excluding carboxylic acids is 1. The van der Waals surface area contributed by atoms with Crippen LogP contribution in [0.25, 0.3) is 0 Å².